The molecule has 106 valence electrons. The minimum atomic E-state index is -0.243. The fourth-order valence-electron chi connectivity index (χ4n) is 1.54. The summed E-state index contributed by atoms with van der Waals surface area (Å²) in [4.78, 5) is 0. The maximum Gasteiger partial charge on any atom is 0.146 e. The minimum Gasteiger partial charge on any atom is -0.488 e. The van der Waals surface area contributed by atoms with Crippen LogP contribution in [0.1, 0.15) is 6.92 Å². The van der Waals surface area contributed by atoms with E-state index in [0.717, 1.165) is 0 Å². The Labute approximate surface area is 127 Å². The van der Waals surface area contributed by atoms with Crippen LogP contribution in [-0.2, 0) is 0 Å². The Kier molecular flexibility index (Phi) is 5.12. The van der Waals surface area contributed by atoms with Crippen molar-refractivity contribution >= 4 is 23.2 Å². The van der Waals surface area contributed by atoms with Gasteiger partial charge in [-0.3, -0.25) is 0 Å². The second-order valence-corrected chi connectivity index (χ2v) is 5.10. The monoisotopic (exact) mass is 312 g/mol. The number of benzene rings is 2. The summed E-state index contributed by atoms with van der Waals surface area (Å²) in [5.41, 5.74) is 0. The lowest BCUT2D eigenvalue weighted by molar-refractivity contribution is 0.129. The molecule has 0 aliphatic rings. The first-order valence-corrected chi connectivity index (χ1v) is 6.84. The van der Waals surface area contributed by atoms with Gasteiger partial charge in [0.1, 0.15) is 23.4 Å². The molecule has 0 heterocycles. The van der Waals surface area contributed by atoms with Gasteiger partial charge in [0.25, 0.3) is 0 Å². The van der Waals surface area contributed by atoms with Crippen molar-refractivity contribution in [2.45, 2.75) is 13.0 Å². The molecule has 1 N–H and O–H groups in total. The summed E-state index contributed by atoms with van der Waals surface area (Å²) in [6, 6.07) is 12.1. The van der Waals surface area contributed by atoms with Crippen LogP contribution in [0.15, 0.2) is 42.5 Å². The number of ether oxygens (including phenoxy) is 2. The lowest BCUT2D eigenvalue weighted by Crippen LogP contribution is -2.15. The van der Waals surface area contributed by atoms with E-state index >= 15 is 0 Å². The first kappa shape index (κ1) is 15.0. The van der Waals surface area contributed by atoms with Crippen molar-refractivity contribution in [3.05, 3.63) is 52.5 Å². The van der Waals surface area contributed by atoms with Crippen LogP contribution < -0.4 is 9.47 Å². The van der Waals surface area contributed by atoms with Gasteiger partial charge >= 0.3 is 0 Å². The van der Waals surface area contributed by atoms with Gasteiger partial charge in [-0.1, -0.05) is 23.2 Å². The van der Waals surface area contributed by atoms with Crippen LogP contribution in [0, 0.1) is 0 Å². The van der Waals surface area contributed by atoms with Crippen molar-refractivity contribution in [2.24, 2.45) is 0 Å². The summed E-state index contributed by atoms with van der Waals surface area (Å²) in [7, 11) is 0. The molecular formula is C15H14Cl2O3. The molecule has 2 rings (SSSR count). The van der Waals surface area contributed by atoms with Crippen LogP contribution in [-0.4, -0.2) is 17.8 Å². The largest absolute Gasteiger partial charge is 0.488 e. The normalized spacial score (nSPS) is 12.0. The average molecular weight is 313 g/mol. The Morgan fingerprint density at radius 3 is 2.30 bits per heavy atom. The highest BCUT2D eigenvalue weighted by Gasteiger charge is 2.05. The Morgan fingerprint density at radius 2 is 1.70 bits per heavy atom. The smallest absolute Gasteiger partial charge is 0.146 e. The summed E-state index contributed by atoms with van der Waals surface area (Å²) >= 11 is 11.9. The third-order valence-electron chi connectivity index (χ3n) is 2.54. The fourth-order valence-corrected chi connectivity index (χ4v) is 1.99. The van der Waals surface area contributed by atoms with Gasteiger partial charge in [-0.15, -0.1) is 0 Å². The van der Waals surface area contributed by atoms with Gasteiger partial charge in [0.2, 0.25) is 0 Å². The topological polar surface area (TPSA) is 38.7 Å². The molecule has 5 heteroatoms. The van der Waals surface area contributed by atoms with E-state index in [9.17, 15) is 0 Å². The molecule has 0 radical (unpaired) electrons. The van der Waals surface area contributed by atoms with E-state index in [1.165, 1.54) is 0 Å². The number of aliphatic hydroxyl groups excluding tert-OH is 1. The van der Waals surface area contributed by atoms with E-state index in [1.807, 2.05) is 0 Å². The van der Waals surface area contributed by atoms with Crippen molar-refractivity contribution in [3.8, 4) is 17.2 Å². The molecule has 20 heavy (non-hydrogen) atoms. The van der Waals surface area contributed by atoms with E-state index in [1.54, 1.807) is 49.4 Å². The van der Waals surface area contributed by atoms with E-state index in [-0.39, 0.29) is 12.7 Å². The van der Waals surface area contributed by atoms with Crippen molar-refractivity contribution < 1.29 is 14.6 Å². The van der Waals surface area contributed by atoms with Gasteiger partial charge < -0.3 is 14.6 Å². The molecular weight excluding hydrogens is 299 g/mol. The molecule has 0 fully saturated rings. The standard InChI is InChI=1S/C15H14Cl2O3/c1-10(9-18)19-12-3-5-13(6-4-12)20-15-7-2-11(16)8-14(15)17/h2-8,10,18H,9H2,1H3/t10-/m1/s1. The van der Waals surface area contributed by atoms with Gasteiger partial charge in [-0.2, -0.15) is 0 Å². The van der Waals surface area contributed by atoms with E-state index in [0.29, 0.717) is 27.3 Å². The molecule has 1 atom stereocenters. The minimum absolute atomic E-state index is 0.0291. The Balaban J connectivity index is 2.07. The molecule has 0 aromatic heterocycles. The molecule has 2 aromatic rings. The molecule has 0 amide bonds. The quantitative estimate of drug-likeness (QED) is 0.880. The zero-order valence-electron chi connectivity index (χ0n) is 10.8. The van der Waals surface area contributed by atoms with Crippen molar-refractivity contribution in [1.29, 1.82) is 0 Å². The summed E-state index contributed by atoms with van der Waals surface area (Å²) in [6.07, 6.45) is -0.243. The van der Waals surface area contributed by atoms with Crippen LogP contribution in [0.4, 0.5) is 0 Å². The summed E-state index contributed by atoms with van der Waals surface area (Å²) < 4.78 is 11.1. The fraction of sp³-hybridized carbons (Fsp3) is 0.200. The number of rotatable bonds is 5. The first-order valence-electron chi connectivity index (χ1n) is 6.09. The van der Waals surface area contributed by atoms with Crippen molar-refractivity contribution in [3.63, 3.8) is 0 Å². The van der Waals surface area contributed by atoms with Crippen LogP contribution in [0.5, 0.6) is 17.2 Å². The van der Waals surface area contributed by atoms with E-state index < -0.39 is 0 Å². The molecule has 0 aliphatic carbocycles. The van der Waals surface area contributed by atoms with Crippen LogP contribution in [0.3, 0.4) is 0 Å². The molecule has 0 saturated heterocycles. The second kappa shape index (κ2) is 6.84. The number of hydrogen-bond donors (Lipinski definition) is 1. The zero-order chi connectivity index (χ0) is 14.5. The molecule has 3 nitrogen and oxygen atoms in total. The van der Waals surface area contributed by atoms with Crippen molar-refractivity contribution in [1.82, 2.24) is 0 Å². The summed E-state index contributed by atoms with van der Waals surface area (Å²) in [6.45, 7) is 1.76. The Hall–Kier alpha value is -1.42. The highest BCUT2D eigenvalue weighted by Crippen LogP contribution is 2.32. The maximum atomic E-state index is 8.92. The molecule has 0 spiro atoms. The SMILES string of the molecule is C[C@H](CO)Oc1ccc(Oc2ccc(Cl)cc2Cl)cc1. The van der Waals surface area contributed by atoms with Crippen LogP contribution in [0.25, 0.3) is 0 Å². The molecule has 0 unspecified atom stereocenters. The highest BCUT2D eigenvalue weighted by atomic mass is 35.5. The number of halogens is 2. The summed E-state index contributed by atoms with van der Waals surface area (Å²) in [5, 5.41) is 9.93. The van der Waals surface area contributed by atoms with Crippen LogP contribution >= 0.6 is 23.2 Å². The zero-order valence-corrected chi connectivity index (χ0v) is 12.4. The average Bonchev–Trinajstić information content (AvgIpc) is 2.44. The number of hydrogen-bond acceptors (Lipinski definition) is 3. The van der Waals surface area contributed by atoms with Gasteiger partial charge in [-0.05, 0) is 49.4 Å². The highest BCUT2D eigenvalue weighted by molar-refractivity contribution is 6.35. The van der Waals surface area contributed by atoms with Crippen molar-refractivity contribution in [2.75, 3.05) is 6.61 Å². The molecule has 0 aliphatic heterocycles. The second-order valence-electron chi connectivity index (χ2n) is 4.26. The van der Waals surface area contributed by atoms with E-state index in [2.05, 4.69) is 0 Å². The predicted molar refractivity (Wildman–Crippen MR) is 80.2 cm³/mol. The number of aliphatic hydroxyl groups is 1. The van der Waals surface area contributed by atoms with Gasteiger partial charge in [0.05, 0.1) is 11.6 Å². The molecule has 0 bridgehead atoms. The van der Waals surface area contributed by atoms with Crippen LogP contribution in [0.2, 0.25) is 10.0 Å². The van der Waals surface area contributed by atoms with Gasteiger partial charge in [0.15, 0.2) is 0 Å². The third kappa shape index (κ3) is 4.04. The lowest BCUT2D eigenvalue weighted by Gasteiger charge is -2.12. The third-order valence-corrected chi connectivity index (χ3v) is 3.07. The first-order chi connectivity index (χ1) is 9.58. The van der Waals surface area contributed by atoms with Gasteiger partial charge in [0, 0.05) is 5.02 Å². The maximum absolute atomic E-state index is 8.92. The Morgan fingerprint density at radius 1 is 1.05 bits per heavy atom. The van der Waals surface area contributed by atoms with E-state index in [4.69, 9.17) is 37.8 Å². The van der Waals surface area contributed by atoms with Gasteiger partial charge in [-0.25, -0.2) is 0 Å². The Bertz CT molecular complexity index is 570. The molecule has 2 aromatic carbocycles. The molecule has 0 saturated carbocycles. The predicted octanol–water partition coefficient (Wildman–Crippen LogP) is 4.55. The summed E-state index contributed by atoms with van der Waals surface area (Å²) in [5.74, 6) is 1.84. The lowest BCUT2D eigenvalue weighted by atomic mass is 10.3.